The van der Waals surface area contributed by atoms with Crippen molar-refractivity contribution in [2.75, 3.05) is 0 Å². The van der Waals surface area contributed by atoms with Gasteiger partial charge >= 0.3 is 6.18 Å². The Kier molecular flexibility index (Phi) is 3.80. The highest BCUT2D eigenvalue weighted by atomic mass is 19.4. The van der Waals surface area contributed by atoms with Crippen LogP contribution in [0.4, 0.5) is 19.0 Å². The van der Waals surface area contributed by atoms with Crippen LogP contribution in [0.15, 0.2) is 42.0 Å². The molecule has 0 amide bonds. The largest absolute Gasteiger partial charge is 0.436 e. The molecular formula is C14H9F3N6O. The third-order valence-electron chi connectivity index (χ3n) is 3.20. The first-order valence-corrected chi connectivity index (χ1v) is 6.65. The molecule has 0 aliphatic rings. The average molecular weight is 334 g/mol. The lowest BCUT2D eigenvalue weighted by molar-refractivity contribution is -0.141. The molecule has 0 saturated carbocycles. The summed E-state index contributed by atoms with van der Waals surface area (Å²) >= 11 is 0. The highest BCUT2D eigenvalue weighted by Gasteiger charge is 2.34. The van der Waals surface area contributed by atoms with Crippen LogP contribution in [0.2, 0.25) is 0 Å². The van der Waals surface area contributed by atoms with Crippen molar-refractivity contribution in [1.29, 1.82) is 0 Å². The van der Waals surface area contributed by atoms with Gasteiger partial charge in [-0.1, -0.05) is 16.8 Å². The number of halogens is 3. The van der Waals surface area contributed by atoms with E-state index < -0.39 is 11.9 Å². The second-order valence-electron chi connectivity index (χ2n) is 4.92. The maximum atomic E-state index is 12.7. The van der Waals surface area contributed by atoms with E-state index >= 15 is 0 Å². The van der Waals surface area contributed by atoms with Gasteiger partial charge in [-0.15, -0.1) is 10.0 Å². The number of hydrogen-bond acceptors (Lipinski definition) is 6. The summed E-state index contributed by atoms with van der Waals surface area (Å²) < 4.78 is 39.2. The van der Waals surface area contributed by atoms with Crippen LogP contribution < -0.4 is 0 Å². The van der Waals surface area contributed by atoms with Crippen molar-refractivity contribution in [3.8, 4) is 16.9 Å². The van der Waals surface area contributed by atoms with Crippen molar-refractivity contribution < 1.29 is 13.2 Å². The van der Waals surface area contributed by atoms with Gasteiger partial charge in [0.2, 0.25) is 0 Å². The van der Waals surface area contributed by atoms with E-state index in [9.17, 15) is 18.1 Å². The van der Waals surface area contributed by atoms with Crippen LogP contribution in [-0.2, 0) is 6.18 Å². The van der Waals surface area contributed by atoms with Gasteiger partial charge in [0.05, 0.1) is 17.6 Å². The van der Waals surface area contributed by atoms with E-state index in [1.165, 1.54) is 6.07 Å². The molecule has 2 heterocycles. The van der Waals surface area contributed by atoms with Crippen LogP contribution in [0.25, 0.3) is 16.9 Å². The number of alkyl halides is 3. The molecule has 0 radical (unpaired) electrons. The number of nitroso groups, excluding NO2 is 1. The molecule has 0 saturated heterocycles. The molecular weight excluding hydrogens is 325 g/mol. The molecule has 7 nitrogen and oxygen atoms in total. The Morgan fingerprint density at radius 2 is 1.96 bits per heavy atom. The first kappa shape index (κ1) is 15.7. The Balaban J connectivity index is 2.15. The van der Waals surface area contributed by atoms with Gasteiger partial charge in [0, 0.05) is 11.6 Å². The van der Waals surface area contributed by atoms with Gasteiger partial charge in [-0.3, -0.25) is 0 Å². The zero-order chi connectivity index (χ0) is 17.3. The zero-order valence-electron chi connectivity index (χ0n) is 12.2. The lowest BCUT2D eigenvalue weighted by Crippen LogP contribution is -2.05. The Morgan fingerprint density at radius 1 is 1.17 bits per heavy atom. The SMILES string of the molecule is Cc1ccc(-n2cc(C(F)(F)F)nn2)c(-c2cc(N=O)ncn2)c1. The van der Waals surface area contributed by atoms with Crippen molar-refractivity contribution >= 4 is 5.82 Å². The van der Waals surface area contributed by atoms with Crippen molar-refractivity contribution in [3.05, 3.63) is 53.0 Å². The fourth-order valence-corrected chi connectivity index (χ4v) is 2.11. The quantitative estimate of drug-likeness (QED) is 0.685. The first-order chi connectivity index (χ1) is 11.4. The molecule has 0 bridgehead atoms. The number of aryl methyl sites for hydroxylation is 1. The minimum atomic E-state index is -4.59. The number of hydrogen-bond donors (Lipinski definition) is 0. The van der Waals surface area contributed by atoms with Crippen molar-refractivity contribution in [1.82, 2.24) is 25.0 Å². The molecule has 0 aliphatic heterocycles. The van der Waals surface area contributed by atoms with E-state index in [2.05, 4.69) is 25.5 Å². The van der Waals surface area contributed by atoms with Crippen LogP contribution in [0.1, 0.15) is 11.3 Å². The zero-order valence-corrected chi connectivity index (χ0v) is 12.2. The summed E-state index contributed by atoms with van der Waals surface area (Å²) in [5.41, 5.74) is 0.888. The van der Waals surface area contributed by atoms with Gasteiger partial charge in [0.15, 0.2) is 11.5 Å². The van der Waals surface area contributed by atoms with Crippen LogP contribution in [0, 0.1) is 11.8 Å². The summed E-state index contributed by atoms with van der Waals surface area (Å²) in [5, 5.41) is 9.40. The van der Waals surface area contributed by atoms with E-state index in [1.54, 1.807) is 18.2 Å². The predicted molar refractivity (Wildman–Crippen MR) is 77.6 cm³/mol. The van der Waals surface area contributed by atoms with Gasteiger partial charge in [0.1, 0.15) is 6.33 Å². The van der Waals surface area contributed by atoms with Crippen LogP contribution >= 0.6 is 0 Å². The second-order valence-corrected chi connectivity index (χ2v) is 4.92. The summed E-state index contributed by atoms with van der Waals surface area (Å²) in [6.45, 7) is 1.82. The first-order valence-electron chi connectivity index (χ1n) is 6.65. The lowest BCUT2D eigenvalue weighted by Gasteiger charge is -2.09. The molecule has 0 fully saturated rings. The molecule has 0 N–H and O–H groups in total. The summed E-state index contributed by atoms with van der Waals surface area (Å²) in [5.74, 6) is -0.0815. The maximum Gasteiger partial charge on any atom is 0.436 e. The fourth-order valence-electron chi connectivity index (χ4n) is 2.11. The van der Waals surface area contributed by atoms with E-state index in [1.807, 2.05) is 6.92 Å². The third kappa shape index (κ3) is 2.98. The molecule has 3 aromatic rings. The number of nitrogens with zero attached hydrogens (tertiary/aromatic N) is 6. The molecule has 3 rings (SSSR count). The van der Waals surface area contributed by atoms with Crippen molar-refractivity contribution in [2.45, 2.75) is 13.1 Å². The van der Waals surface area contributed by atoms with E-state index in [0.717, 1.165) is 22.8 Å². The van der Waals surface area contributed by atoms with Gasteiger partial charge < -0.3 is 0 Å². The minimum absolute atomic E-state index is 0.0815. The predicted octanol–water partition coefficient (Wildman–Crippen LogP) is 3.45. The highest BCUT2D eigenvalue weighted by molar-refractivity contribution is 5.71. The molecule has 0 spiro atoms. The number of aromatic nitrogens is 5. The summed E-state index contributed by atoms with van der Waals surface area (Å²) in [7, 11) is 0. The molecule has 0 atom stereocenters. The molecule has 122 valence electrons. The lowest BCUT2D eigenvalue weighted by atomic mass is 10.1. The molecule has 24 heavy (non-hydrogen) atoms. The van der Waals surface area contributed by atoms with E-state index in [4.69, 9.17) is 0 Å². The fraction of sp³-hybridized carbons (Fsp3) is 0.143. The Hall–Kier alpha value is -3.17. The van der Waals surface area contributed by atoms with Crippen molar-refractivity contribution in [3.63, 3.8) is 0 Å². The normalized spacial score (nSPS) is 11.5. The van der Waals surface area contributed by atoms with E-state index in [0.29, 0.717) is 16.9 Å². The summed E-state index contributed by atoms with van der Waals surface area (Å²) in [6.07, 6.45) is -2.65. The molecule has 10 heteroatoms. The molecule has 2 aromatic heterocycles. The van der Waals surface area contributed by atoms with Gasteiger partial charge in [-0.05, 0) is 24.2 Å². The Bertz CT molecular complexity index is 906. The Morgan fingerprint density at radius 3 is 2.62 bits per heavy atom. The standard InChI is InChI=1S/C14H9F3N6O/c1-8-2-3-11(23-6-12(20-22-23)14(15,16)17)9(4-8)10-5-13(21-24)19-7-18-10/h2-7H,1H3. The molecule has 1 aromatic carbocycles. The minimum Gasteiger partial charge on any atom is -0.236 e. The number of rotatable bonds is 3. The highest BCUT2D eigenvalue weighted by Crippen LogP contribution is 2.30. The van der Waals surface area contributed by atoms with Crippen molar-refractivity contribution in [2.24, 2.45) is 5.18 Å². The van der Waals surface area contributed by atoms with Crippen LogP contribution in [-0.4, -0.2) is 25.0 Å². The Labute approximate surface area is 133 Å². The molecule has 0 unspecified atom stereocenters. The van der Waals surface area contributed by atoms with Crippen LogP contribution in [0.3, 0.4) is 0 Å². The number of benzene rings is 1. The third-order valence-corrected chi connectivity index (χ3v) is 3.20. The second kappa shape index (κ2) is 5.80. The van der Waals surface area contributed by atoms with Crippen LogP contribution in [0.5, 0.6) is 0 Å². The average Bonchev–Trinajstić information content (AvgIpc) is 3.05. The topological polar surface area (TPSA) is 85.9 Å². The maximum absolute atomic E-state index is 12.7. The smallest absolute Gasteiger partial charge is 0.236 e. The van der Waals surface area contributed by atoms with Gasteiger partial charge in [-0.2, -0.15) is 13.2 Å². The summed E-state index contributed by atoms with van der Waals surface area (Å²) in [4.78, 5) is 18.4. The summed E-state index contributed by atoms with van der Waals surface area (Å²) in [6, 6.07) is 6.36. The van der Waals surface area contributed by atoms with E-state index in [-0.39, 0.29) is 5.82 Å². The van der Waals surface area contributed by atoms with Gasteiger partial charge in [0.25, 0.3) is 0 Å². The van der Waals surface area contributed by atoms with Gasteiger partial charge in [-0.25, -0.2) is 14.6 Å². The molecule has 0 aliphatic carbocycles. The monoisotopic (exact) mass is 334 g/mol.